The number of hydrogen-bond acceptors (Lipinski definition) is 6. The molecule has 1 aliphatic heterocycles. The van der Waals surface area contributed by atoms with Gasteiger partial charge in [0.05, 0.1) is 42.0 Å². The zero-order valence-corrected chi connectivity index (χ0v) is 15.9. The molecule has 2 aromatic rings. The summed E-state index contributed by atoms with van der Waals surface area (Å²) >= 11 is 0. The first-order valence-corrected chi connectivity index (χ1v) is 9.20. The van der Waals surface area contributed by atoms with Gasteiger partial charge < -0.3 is 25.2 Å². The van der Waals surface area contributed by atoms with E-state index >= 15 is 0 Å². The van der Waals surface area contributed by atoms with Gasteiger partial charge in [-0.1, -0.05) is 12.1 Å². The highest BCUT2D eigenvalue weighted by atomic mass is 16.5. The molecular formula is C20H27N5O2. The average Bonchev–Trinajstić information content (AvgIpc) is 2.69. The van der Waals surface area contributed by atoms with Crippen molar-refractivity contribution in [3.05, 3.63) is 48.3 Å². The van der Waals surface area contributed by atoms with Crippen molar-refractivity contribution in [2.45, 2.75) is 0 Å². The van der Waals surface area contributed by atoms with Gasteiger partial charge in [-0.25, -0.2) is 0 Å². The van der Waals surface area contributed by atoms with Crippen molar-refractivity contribution in [2.24, 2.45) is 0 Å². The number of aromatic nitrogens is 1. The quantitative estimate of drug-likeness (QED) is 0.778. The first kappa shape index (κ1) is 19.1. The van der Waals surface area contributed by atoms with Gasteiger partial charge >= 0.3 is 0 Å². The molecule has 0 unspecified atom stereocenters. The molecule has 1 saturated heterocycles. The van der Waals surface area contributed by atoms with E-state index in [0.717, 1.165) is 49.9 Å². The van der Waals surface area contributed by atoms with Gasteiger partial charge in [-0.3, -0.25) is 9.78 Å². The van der Waals surface area contributed by atoms with Crippen LogP contribution >= 0.6 is 0 Å². The summed E-state index contributed by atoms with van der Waals surface area (Å²) in [4.78, 5) is 20.9. The Bertz CT molecular complexity index is 760. The molecule has 1 aromatic carbocycles. The lowest BCUT2D eigenvalue weighted by Crippen LogP contribution is -2.36. The van der Waals surface area contributed by atoms with Gasteiger partial charge in [-0.2, -0.15) is 0 Å². The number of para-hydroxylation sites is 2. The molecule has 0 bridgehead atoms. The summed E-state index contributed by atoms with van der Waals surface area (Å²) in [6.45, 7) is 4.60. The number of hydrogen-bond donors (Lipinski definition) is 2. The van der Waals surface area contributed by atoms with Gasteiger partial charge in [0.2, 0.25) is 0 Å². The summed E-state index contributed by atoms with van der Waals surface area (Å²) < 4.78 is 5.45. The number of rotatable bonds is 7. The molecule has 2 N–H and O–H groups in total. The zero-order valence-electron chi connectivity index (χ0n) is 15.9. The van der Waals surface area contributed by atoms with Gasteiger partial charge in [-0.05, 0) is 32.3 Å². The highest BCUT2D eigenvalue weighted by molar-refractivity contribution is 5.95. The summed E-state index contributed by atoms with van der Waals surface area (Å²) in [5, 5.41) is 6.32. The summed E-state index contributed by atoms with van der Waals surface area (Å²) in [6, 6.07) is 9.99. The minimum absolute atomic E-state index is 0.116. The highest BCUT2D eigenvalue weighted by Gasteiger charge is 2.15. The molecule has 1 aliphatic rings. The van der Waals surface area contributed by atoms with E-state index in [1.807, 2.05) is 43.3 Å². The molecule has 1 amide bonds. The van der Waals surface area contributed by atoms with Crippen molar-refractivity contribution in [1.29, 1.82) is 0 Å². The molecule has 1 fully saturated rings. The fourth-order valence-electron chi connectivity index (χ4n) is 2.94. The Morgan fingerprint density at radius 3 is 2.78 bits per heavy atom. The van der Waals surface area contributed by atoms with Crippen LogP contribution in [0.3, 0.4) is 0 Å². The lowest BCUT2D eigenvalue weighted by atomic mass is 10.2. The summed E-state index contributed by atoms with van der Waals surface area (Å²) in [5.41, 5.74) is 3.45. The molecule has 2 heterocycles. The Kier molecular flexibility index (Phi) is 6.62. The van der Waals surface area contributed by atoms with E-state index < -0.39 is 0 Å². The predicted octanol–water partition coefficient (Wildman–Crippen LogP) is 1.95. The topological polar surface area (TPSA) is 69.7 Å². The molecule has 7 heteroatoms. The Labute approximate surface area is 160 Å². The number of carbonyl (C=O) groups is 1. The van der Waals surface area contributed by atoms with Crippen LogP contribution in [0.15, 0.2) is 42.7 Å². The number of carbonyl (C=O) groups excluding carboxylic acids is 1. The van der Waals surface area contributed by atoms with Gasteiger partial charge in [0.15, 0.2) is 0 Å². The molecule has 27 heavy (non-hydrogen) atoms. The van der Waals surface area contributed by atoms with Crippen LogP contribution in [-0.4, -0.2) is 69.3 Å². The maximum absolute atomic E-state index is 12.3. The number of pyridine rings is 1. The summed E-state index contributed by atoms with van der Waals surface area (Å²) in [5.74, 6) is -0.116. The maximum Gasteiger partial charge on any atom is 0.252 e. The first-order valence-electron chi connectivity index (χ1n) is 9.20. The van der Waals surface area contributed by atoms with Gasteiger partial charge in [0, 0.05) is 32.4 Å². The maximum atomic E-state index is 12.3. The smallest absolute Gasteiger partial charge is 0.252 e. The van der Waals surface area contributed by atoms with Crippen LogP contribution in [0.25, 0.3) is 0 Å². The molecule has 0 aliphatic carbocycles. The van der Waals surface area contributed by atoms with E-state index in [0.29, 0.717) is 12.1 Å². The van der Waals surface area contributed by atoms with Crippen molar-refractivity contribution in [1.82, 2.24) is 15.2 Å². The number of morpholine rings is 1. The van der Waals surface area contributed by atoms with Gasteiger partial charge in [0.1, 0.15) is 0 Å². The first-order chi connectivity index (χ1) is 13.1. The lowest BCUT2D eigenvalue weighted by Gasteiger charge is -2.30. The minimum Gasteiger partial charge on any atom is -0.378 e. The van der Waals surface area contributed by atoms with Crippen LogP contribution in [-0.2, 0) is 4.74 Å². The van der Waals surface area contributed by atoms with E-state index in [4.69, 9.17) is 4.74 Å². The van der Waals surface area contributed by atoms with Crippen molar-refractivity contribution < 1.29 is 9.53 Å². The van der Waals surface area contributed by atoms with Crippen LogP contribution < -0.4 is 15.5 Å². The minimum atomic E-state index is -0.116. The van der Waals surface area contributed by atoms with Crippen LogP contribution in [0.4, 0.5) is 17.1 Å². The third kappa shape index (κ3) is 5.42. The van der Waals surface area contributed by atoms with Crippen LogP contribution in [0, 0.1) is 0 Å². The Morgan fingerprint density at radius 2 is 2.00 bits per heavy atom. The van der Waals surface area contributed by atoms with E-state index in [2.05, 4.69) is 26.6 Å². The fraction of sp³-hybridized carbons (Fsp3) is 0.400. The second-order valence-electron chi connectivity index (χ2n) is 6.76. The molecule has 3 rings (SSSR count). The fourth-order valence-corrected chi connectivity index (χ4v) is 2.94. The largest absolute Gasteiger partial charge is 0.378 e. The average molecular weight is 369 g/mol. The van der Waals surface area contributed by atoms with Crippen LogP contribution in [0.5, 0.6) is 0 Å². The van der Waals surface area contributed by atoms with E-state index in [1.165, 1.54) is 0 Å². The van der Waals surface area contributed by atoms with Gasteiger partial charge in [0.25, 0.3) is 5.91 Å². The number of likely N-dealkylation sites (N-methyl/N-ethyl adjacent to an activating group) is 1. The number of benzene rings is 1. The van der Waals surface area contributed by atoms with Crippen molar-refractivity contribution in [3.8, 4) is 0 Å². The zero-order chi connectivity index (χ0) is 19.1. The van der Waals surface area contributed by atoms with Crippen molar-refractivity contribution in [3.63, 3.8) is 0 Å². The second-order valence-corrected chi connectivity index (χ2v) is 6.76. The third-order valence-electron chi connectivity index (χ3n) is 4.38. The Hall–Kier alpha value is -2.64. The molecule has 0 saturated carbocycles. The standard InChI is InChI=1S/C20H27N5O2/c1-24(2)8-7-22-20(26)16-13-17(15-21-14-16)23-18-5-3-4-6-19(18)25-9-11-27-12-10-25/h3-6,13-15,23H,7-12H2,1-2H3,(H,22,26). The molecular weight excluding hydrogens is 342 g/mol. The number of ether oxygens (including phenoxy) is 1. The summed E-state index contributed by atoms with van der Waals surface area (Å²) in [7, 11) is 3.95. The lowest BCUT2D eigenvalue weighted by molar-refractivity contribution is 0.0950. The second kappa shape index (κ2) is 9.34. The number of nitrogens with zero attached hydrogens (tertiary/aromatic N) is 3. The van der Waals surface area contributed by atoms with E-state index in [-0.39, 0.29) is 5.91 Å². The van der Waals surface area contributed by atoms with Crippen molar-refractivity contribution >= 4 is 23.0 Å². The predicted molar refractivity (Wildman–Crippen MR) is 108 cm³/mol. The van der Waals surface area contributed by atoms with Crippen molar-refractivity contribution in [2.75, 3.05) is 63.7 Å². The molecule has 1 aromatic heterocycles. The number of anilines is 3. The monoisotopic (exact) mass is 369 g/mol. The summed E-state index contributed by atoms with van der Waals surface area (Å²) in [6.07, 6.45) is 3.32. The van der Waals surface area contributed by atoms with E-state index in [9.17, 15) is 4.79 Å². The normalized spacial score (nSPS) is 14.3. The SMILES string of the molecule is CN(C)CCNC(=O)c1cncc(Nc2ccccc2N2CCOCC2)c1. The van der Waals surface area contributed by atoms with Crippen LogP contribution in [0.2, 0.25) is 0 Å². The molecule has 144 valence electrons. The number of nitrogens with one attached hydrogen (secondary N) is 2. The van der Waals surface area contributed by atoms with Crippen LogP contribution in [0.1, 0.15) is 10.4 Å². The molecule has 0 radical (unpaired) electrons. The third-order valence-corrected chi connectivity index (χ3v) is 4.38. The Balaban J connectivity index is 1.70. The Morgan fingerprint density at radius 1 is 1.22 bits per heavy atom. The molecule has 7 nitrogen and oxygen atoms in total. The molecule has 0 spiro atoms. The highest BCUT2D eigenvalue weighted by Crippen LogP contribution is 2.29. The van der Waals surface area contributed by atoms with Gasteiger partial charge in [-0.15, -0.1) is 0 Å². The van der Waals surface area contributed by atoms with E-state index in [1.54, 1.807) is 12.4 Å². The molecule has 0 atom stereocenters. The number of amides is 1.